The monoisotopic (exact) mass is 1420 g/mol. The molecule has 0 aliphatic rings. The highest BCUT2D eigenvalue weighted by Gasteiger charge is 2.30. The van der Waals surface area contributed by atoms with Crippen LogP contribution in [0.5, 0.6) is 0 Å². The van der Waals surface area contributed by atoms with Crippen LogP contribution in [0.25, 0.3) is 0 Å². The van der Waals surface area contributed by atoms with Crippen LogP contribution in [0.2, 0.25) is 0 Å². The molecule has 576 valence electrons. The molecule has 0 heterocycles. The van der Waals surface area contributed by atoms with Gasteiger partial charge in [-0.1, -0.05) is 368 Å². The van der Waals surface area contributed by atoms with Crippen molar-refractivity contribution in [2.75, 3.05) is 39.6 Å². The Bertz CT molecular complexity index is 1840. The first kappa shape index (κ1) is 95.1. The van der Waals surface area contributed by atoms with E-state index in [1.807, 2.05) is 0 Å². The molecule has 0 aromatic carbocycles. The summed E-state index contributed by atoms with van der Waals surface area (Å²) >= 11 is 0. The smallest absolute Gasteiger partial charge is 0.462 e. The molecule has 0 aliphatic heterocycles. The van der Waals surface area contributed by atoms with Crippen LogP contribution in [0.1, 0.15) is 419 Å². The lowest BCUT2D eigenvalue weighted by Gasteiger charge is -2.21. The zero-order chi connectivity index (χ0) is 71.1. The molecule has 5 atom stereocenters. The van der Waals surface area contributed by atoms with Gasteiger partial charge in [0.25, 0.3) is 0 Å². The number of phosphoric ester groups is 2. The number of carbonyl (C=O) groups excluding carboxylic acids is 4. The van der Waals surface area contributed by atoms with E-state index >= 15 is 0 Å². The Morgan fingerprint density at radius 2 is 0.412 bits per heavy atom. The molecule has 0 bridgehead atoms. The van der Waals surface area contributed by atoms with Crippen molar-refractivity contribution >= 4 is 39.5 Å². The van der Waals surface area contributed by atoms with Gasteiger partial charge in [0.05, 0.1) is 26.4 Å². The topological polar surface area (TPSA) is 237 Å². The summed E-state index contributed by atoms with van der Waals surface area (Å²) in [6.45, 7) is 4.97. The molecule has 0 aliphatic carbocycles. The summed E-state index contributed by atoms with van der Waals surface area (Å²) < 4.78 is 68.5. The molecule has 0 aromatic rings. The average Bonchev–Trinajstić information content (AvgIpc) is 1.09. The van der Waals surface area contributed by atoms with E-state index in [2.05, 4.69) is 27.7 Å². The van der Waals surface area contributed by atoms with Crippen molar-refractivity contribution in [2.45, 2.75) is 438 Å². The third-order valence-corrected chi connectivity index (χ3v) is 20.3. The lowest BCUT2D eigenvalue weighted by atomic mass is 10.0. The van der Waals surface area contributed by atoms with Gasteiger partial charge < -0.3 is 33.8 Å². The predicted octanol–water partition coefficient (Wildman–Crippen LogP) is 23.4. The second kappa shape index (κ2) is 72.4. The lowest BCUT2D eigenvalue weighted by Crippen LogP contribution is -2.30. The third kappa shape index (κ3) is 72.2. The molecule has 0 saturated carbocycles. The minimum absolute atomic E-state index is 0.108. The Morgan fingerprint density at radius 1 is 0.247 bits per heavy atom. The summed E-state index contributed by atoms with van der Waals surface area (Å²) in [5, 5.41) is 10.6. The van der Waals surface area contributed by atoms with Gasteiger partial charge in [-0.05, 0) is 25.7 Å². The predicted molar refractivity (Wildman–Crippen MR) is 395 cm³/mol. The normalized spacial score (nSPS) is 13.8. The highest BCUT2D eigenvalue weighted by atomic mass is 31.2. The van der Waals surface area contributed by atoms with Crippen molar-refractivity contribution in [3.05, 3.63) is 0 Å². The number of hydrogen-bond acceptors (Lipinski definition) is 15. The van der Waals surface area contributed by atoms with Crippen molar-refractivity contribution in [3.8, 4) is 0 Å². The number of phosphoric acid groups is 2. The third-order valence-electron chi connectivity index (χ3n) is 18.4. The van der Waals surface area contributed by atoms with Gasteiger partial charge in [-0.2, -0.15) is 0 Å². The quantitative estimate of drug-likeness (QED) is 0.0222. The average molecular weight is 1420 g/mol. The van der Waals surface area contributed by atoms with Crippen molar-refractivity contribution in [1.29, 1.82) is 0 Å². The molecule has 17 nitrogen and oxygen atoms in total. The molecule has 19 heteroatoms. The van der Waals surface area contributed by atoms with Gasteiger partial charge in [-0.3, -0.25) is 37.3 Å². The first-order valence-electron chi connectivity index (χ1n) is 40.8. The highest BCUT2D eigenvalue weighted by Crippen LogP contribution is 2.45. The Kier molecular flexibility index (Phi) is 71.0. The summed E-state index contributed by atoms with van der Waals surface area (Å²) in [5.74, 6) is -2.11. The fourth-order valence-corrected chi connectivity index (χ4v) is 13.7. The van der Waals surface area contributed by atoms with E-state index < -0.39 is 97.5 Å². The minimum atomic E-state index is -4.96. The van der Waals surface area contributed by atoms with Gasteiger partial charge in [0, 0.05) is 25.7 Å². The maximum Gasteiger partial charge on any atom is 0.472 e. The largest absolute Gasteiger partial charge is 0.472 e. The van der Waals surface area contributed by atoms with Crippen molar-refractivity contribution < 1.29 is 80.2 Å². The summed E-state index contributed by atoms with van der Waals surface area (Å²) in [7, 11) is -9.91. The zero-order valence-electron chi connectivity index (χ0n) is 63.1. The van der Waals surface area contributed by atoms with Crippen LogP contribution in [-0.4, -0.2) is 96.7 Å². The van der Waals surface area contributed by atoms with E-state index in [1.165, 1.54) is 238 Å². The number of carbonyl (C=O) groups is 4. The zero-order valence-corrected chi connectivity index (χ0v) is 64.8. The number of unbranched alkanes of at least 4 members (excludes halogenated alkanes) is 53. The fraction of sp³-hybridized carbons (Fsp3) is 0.949. The van der Waals surface area contributed by atoms with Gasteiger partial charge >= 0.3 is 39.5 Å². The number of esters is 4. The Labute approximate surface area is 594 Å². The van der Waals surface area contributed by atoms with Crippen LogP contribution in [-0.2, 0) is 65.4 Å². The minimum Gasteiger partial charge on any atom is -0.462 e. The van der Waals surface area contributed by atoms with Gasteiger partial charge in [0.15, 0.2) is 12.2 Å². The first-order valence-corrected chi connectivity index (χ1v) is 43.8. The lowest BCUT2D eigenvalue weighted by molar-refractivity contribution is -0.161. The highest BCUT2D eigenvalue weighted by molar-refractivity contribution is 7.47. The molecule has 0 aromatic heterocycles. The second-order valence-corrected chi connectivity index (χ2v) is 31.0. The molecule has 3 N–H and O–H groups in total. The molecule has 0 spiro atoms. The van der Waals surface area contributed by atoms with Crippen LogP contribution in [0.4, 0.5) is 0 Å². The van der Waals surface area contributed by atoms with Crippen molar-refractivity contribution in [2.24, 2.45) is 0 Å². The maximum atomic E-state index is 13.1. The van der Waals surface area contributed by atoms with Crippen LogP contribution in [0, 0.1) is 0 Å². The number of aliphatic hydroxyl groups excluding tert-OH is 1. The molecule has 0 saturated heterocycles. The van der Waals surface area contributed by atoms with Gasteiger partial charge in [0.2, 0.25) is 0 Å². The van der Waals surface area contributed by atoms with E-state index in [9.17, 15) is 43.2 Å². The van der Waals surface area contributed by atoms with E-state index in [-0.39, 0.29) is 25.7 Å². The van der Waals surface area contributed by atoms with E-state index in [0.717, 1.165) is 103 Å². The molecule has 2 unspecified atom stereocenters. The van der Waals surface area contributed by atoms with E-state index in [0.29, 0.717) is 25.7 Å². The molecule has 97 heavy (non-hydrogen) atoms. The summed E-state index contributed by atoms with van der Waals surface area (Å²) in [6, 6.07) is 0. The maximum absolute atomic E-state index is 13.1. The first-order chi connectivity index (χ1) is 47.2. The van der Waals surface area contributed by atoms with E-state index in [1.54, 1.807) is 0 Å². The van der Waals surface area contributed by atoms with Crippen LogP contribution in [0.3, 0.4) is 0 Å². The van der Waals surface area contributed by atoms with Crippen LogP contribution < -0.4 is 0 Å². The summed E-state index contributed by atoms with van der Waals surface area (Å²) in [6.07, 6.45) is 63.9. The number of rotatable bonds is 79. The number of aliphatic hydroxyl groups is 1. The van der Waals surface area contributed by atoms with E-state index in [4.69, 9.17) is 37.0 Å². The molecular weight excluding hydrogens is 1270 g/mol. The molecule has 0 fully saturated rings. The van der Waals surface area contributed by atoms with Crippen LogP contribution >= 0.6 is 15.6 Å². The van der Waals surface area contributed by atoms with Gasteiger partial charge in [0.1, 0.15) is 19.3 Å². The molecule has 0 rings (SSSR count). The van der Waals surface area contributed by atoms with Gasteiger partial charge in [-0.25, -0.2) is 9.13 Å². The number of hydrogen-bond donors (Lipinski definition) is 3. The summed E-state index contributed by atoms with van der Waals surface area (Å²) in [5.41, 5.74) is 0. The Morgan fingerprint density at radius 3 is 0.608 bits per heavy atom. The van der Waals surface area contributed by atoms with Crippen molar-refractivity contribution in [3.63, 3.8) is 0 Å². The molecule has 0 radical (unpaired) electrons. The Balaban J connectivity index is 5.18. The number of ether oxygens (including phenoxy) is 4. The second-order valence-electron chi connectivity index (χ2n) is 28.1. The Hall–Kier alpha value is -1.94. The molecule has 0 amide bonds. The fourth-order valence-electron chi connectivity index (χ4n) is 12.1. The van der Waals surface area contributed by atoms with Crippen molar-refractivity contribution in [1.82, 2.24) is 0 Å². The standard InChI is InChI=1S/C78H152O17P2/c1-5-9-13-17-21-24-27-30-33-35-36-37-40-43-46-49-53-57-61-65-78(83)95-74(69-89-76(81)63-59-55-51-47-44-41-39-34-31-28-25-22-18-14-10-6-2)71-93-97(86,87)91-67-72(79)66-90-96(84,85)92-70-73(68-88-75(80)62-58-54-50-20-16-12-8-4)94-77(82)64-60-56-52-48-45-42-38-32-29-26-23-19-15-11-7-3/h72-74,79H,5-71H2,1-4H3,(H,84,85)(H,86,87)/t72-,73+,74+/m0/s1. The van der Waals surface area contributed by atoms with Gasteiger partial charge in [-0.15, -0.1) is 0 Å². The van der Waals surface area contributed by atoms with Crippen LogP contribution in [0.15, 0.2) is 0 Å². The molecular formula is C78H152O17P2. The SMILES string of the molecule is CCCCCCCCCCCCCCCCCCCCCC(=O)O[C@H](COC(=O)CCCCCCCCCCCCCCCCCC)COP(=O)(O)OC[C@@H](O)COP(=O)(O)OC[C@@H](COC(=O)CCCCCCCCC)OC(=O)CCCCCCCCCCCCCCCCC. The summed E-state index contributed by atoms with van der Waals surface area (Å²) in [4.78, 5) is 72.8.